The first-order chi connectivity index (χ1) is 22.7. The van der Waals surface area contributed by atoms with Gasteiger partial charge in [0.1, 0.15) is 0 Å². The van der Waals surface area contributed by atoms with Crippen LogP contribution in [0, 0.1) is 6.92 Å². The number of aryl methyl sites for hydroxylation is 1. The number of fused-ring (bicyclic) bond motifs is 8. The Kier molecular flexibility index (Phi) is 5.71. The van der Waals surface area contributed by atoms with Crippen LogP contribution in [0.2, 0.25) is 0 Å². The van der Waals surface area contributed by atoms with Crippen molar-refractivity contribution in [3.8, 4) is 22.3 Å². The van der Waals surface area contributed by atoms with Crippen LogP contribution in [-0.2, 0) is 0 Å². The summed E-state index contributed by atoms with van der Waals surface area (Å²) < 4.78 is 2.69. The van der Waals surface area contributed by atoms with Crippen LogP contribution in [0.25, 0.3) is 85.5 Å². The van der Waals surface area contributed by atoms with Gasteiger partial charge >= 0.3 is 0 Å². The van der Waals surface area contributed by atoms with Crippen molar-refractivity contribution in [3.63, 3.8) is 0 Å². The molecule has 0 unspecified atom stereocenters. The van der Waals surface area contributed by atoms with Gasteiger partial charge in [0.15, 0.2) is 0 Å². The first-order valence-corrected chi connectivity index (χ1v) is 17.4. The molecule has 0 radical (unpaired) electrons. The maximum Gasteiger partial charge on any atom is 0.0355 e. The minimum absolute atomic E-state index is 0.677. The summed E-state index contributed by atoms with van der Waals surface area (Å²) in [6, 6.07) is 50.5. The van der Waals surface area contributed by atoms with Gasteiger partial charge in [0.2, 0.25) is 0 Å². The molecule has 8 aromatic carbocycles. The van der Waals surface area contributed by atoms with Crippen molar-refractivity contribution in [1.29, 1.82) is 0 Å². The van der Waals surface area contributed by atoms with E-state index in [1.807, 2.05) is 11.3 Å². The third-order valence-electron chi connectivity index (χ3n) is 10.7. The normalized spacial score (nSPS) is 13.8. The van der Waals surface area contributed by atoms with Gasteiger partial charge in [0.25, 0.3) is 0 Å². The summed E-state index contributed by atoms with van der Waals surface area (Å²) >= 11 is 1.88. The third kappa shape index (κ3) is 3.73. The lowest BCUT2D eigenvalue weighted by Crippen LogP contribution is -2.09. The molecular weight excluding hydrogens is 573 g/mol. The molecule has 9 aromatic rings. The van der Waals surface area contributed by atoms with Crippen molar-refractivity contribution in [2.24, 2.45) is 0 Å². The second-order valence-electron chi connectivity index (χ2n) is 13.1. The molecule has 1 heterocycles. The highest BCUT2D eigenvalue weighted by molar-refractivity contribution is 7.25. The van der Waals surface area contributed by atoms with Crippen molar-refractivity contribution in [3.05, 3.63) is 145 Å². The predicted octanol–water partition coefficient (Wildman–Crippen LogP) is 13.6. The molecule has 1 aliphatic rings. The van der Waals surface area contributed by atoms with Crippen molar-refractivity contribution < 1.29 is 0 Å². The molecule has 218 valence electrons. The Hall–Kier alpha value is -4.98. The van der Waals surface area contributed by atoms with Gasteiger partial charge in [-0.25, -0.2) is 0 Å². The fraction of sp³-hybridized carbons (Fsp3) is 0.111. The van der Waals surface area contributed by atoms with Crippen molar-refractivity contribution >= 4 is 74.6 Å². The first-order valence-electron chi connectivity index (χ1n) is 16.5. The van der Waals surface area contributed by atoms with E-state index in [1.165, 1.54) is 116 Å². The van der Waals surface area contributed by atoms with E-state index in [1.54, 1.807) is 0 Å². The molecule has 0 N–H and O–H groups in total. The monoisotopic (exact) mass is 604 g/mol. The fourth-order valence-corrected chi connectivity index (χ4v) is 9.42. The van der Waals surface area contributed by atoms with Crippen LogP contribution < -0.4 is 0 Å². The van der Waals surface area contributed by atoms with E-state index in [-0.39, 0.29) is 0 Å². The molecule has 1 aliphatic carbocycles. The first kappa shape index (κ1) is 26.3. The molecule has 0 aliphatic heterocycles. The quantitative estimate of drug-likeness (QED) is 0.139. The Bertz CT molecular complexity index is 2630. The molecule has 46 heavy (non-hydrogen) atoms. The standard InChI is InChI=1S/C45H32S/c1-27-11-8-21-37-39(26-29-14-10-20-31(28-12-9-13-28)44(29)42(27)37)45-35-18-4-2-16-33(35)43(34-17-3-5-19-36(34)45)30-23-24-41-38(25-30)32-15-6-7-22-40(32)46-41/h2-8,10-11,14-26,28H,9,12-13H2,1H3. The average molecular weight is 605 g/mol. The molecule has 0 saturated heterocycles. The van der Waals surface area contributed by atoms with Gasteiger partial charge in [-0.15, -0.1) is 11.3 Å². The molecule has 0 bridgehead atoms. The molecular formula is C45H32S. The zero-order valence-electron chi connectivity index (χ0n) is 25.8. The van der Waals surface area contributed by atoms with Crippen LogP contribution in [0.15, 0.2) is 133 Å². The second kappa shape index (κ2) is 10.0. The van der Waals surface area contributed by atoms with Crippen LogP contribution in [0.4, 0.5) is 0 Å². The van der Waals surface area contributed by atoms with Crippen molar-refractivity contribution in [1.82, 2.24) is 0 Å². The fourth-order valence-electron chi connectivity index (χ4n) is 8.33. The van der Waals surface area contributed by atoms with E-state index >= 15 is 0 Å². The average Bonchev–Trinajstić information content (AvgIpc) is 3.44. The number of rotatable bonds is 3. The lowest BCUT2D eigenvalue weighted by Gasteiger charge is -2.28. The maximum absolute atomic E-state index is 2.50. The zero-order chi connectivity index (χ0) is 30.4. The molecule has 1 saturated carbocycles. The Labute approximate surface area is 272 Å². The lowest BCUT2D eigenvalue weighted by molar-refractivity contribution is 0.422. The Balaban J connectivity index is 1.33. The zero-order valence-corrected chi connectivity index (χ0v) is 26.6. The van der Waals surface area contributed by atoms with Gasteiger partial charge in [-0.2, -0.15) is 0 Å². The van der Waals surface area contributed by atoms with Gasteiger partial charge in [-0.1, -0.05) is 116 Å². The Morgan fingerprint density at radius 1 is 0.500 bits per heavy atom. The molecule has 0 amide bonds. The van der Waals surface area contributed by atoms with E-state index in [9.17, 15) is 0 Å². The largest absolute Gasteiger partial charge is 0.135 e. The van der Waals surface area contributed by atoms with Crippen LogP contribution in [-0.4, -0.2) is 0 Å². The number of thiophene rings is 1. The minimum Gasteiger partial charge on any atom is -0.135 e. The van der Waals surface area contributed by atoms with E-state index in [4.69, 9.17) is 0 Å². The SMILES string of the molecule is Cc1cccc2c(-c3c4ccccc4c(-c4ccc5sc6ccccc6c5c4)c4ccccc34)cc3cccc(C4CCC4)c3c12. The summed E-state index contributed by atoms with van der Waals surface area (Å²) in [5, 5.41) is 13.5. The molecule has 0 atom stereocenters. The second-order valence-corrected chi connectivity index (χ2v) is 14.2. The number of hydrogen-bond donors (Lipinski definition) is 0. The summed E-state index contributed by atoms with van der Waals surface area (Å²) in [6.45, 7) is 2.30. The highest BCUT2D eigenvalue weighted by atomic mass is 32.1. The van der Waals surface area contributed by atoms with Gasteiger partial charge in [0.05, 0.1) is 0 Å². The summed E-state index contributed by atoms with van der Waals surface area (Å²) in [7, 11) is 0. The summed E-state index contributed by atoms with van der Waals surface area (Å²) in [5.41, 5.74) is 8.16. The molecule has 0 spiro atoms. The molecule has 1 heteroatoms. The van der Waals surface area contributed by atoms with E-state index in [2.05, 4.69) is 140 Å². The minimum atomic E-state index is 0.677. The highest BCUT2D eigenvalue weighted by Gasteiger charge is 2.25. The van der Waals surface area contributed by atoms with Crippen LogP contribution >= 0.6 is 11.3 Å². The van der Waals surface area contributed by atoms with Gasteiger partial charge in [0, 0.05) is 20.2 Å². The Morgan fingerprint density at radius 3 is 1.85 bits per heavy atom. The number of hydrogen-bond acceptors (Lipinski definition) is 1. The summed E-state index contributed by atoms with van der Waals surface area (Å²) in [4.78, 5) is 0. The maximum atomic E-state index is 2.50. The topological polar surface area (TPSA) is 0 Å². The molecule has 1 fully saturated rings. The lowest BCUT2D eigenvalue weighted by atomic mass is 9.76. The smallest absolute Gasteiger partial charge is 0.0355 e. The molecule has 10 rings (SSSR count). The highest BCUT2D eigenvalue weighted by Crippen LogP contribution is 2.49. The predicted molar refractivity (Wildman–Crippen MR) is 202 cm³/mol. The Morgan fingerprint density at radius 2 is 1.13 bits per heavy atom. The van der Waals surface area contributed by atoms with Crippen LogP contribution in [0.3, 0.4) is 0 Å². The van der Waals surface area contributed by atoms with E-state index < -0.39 is 0 Å². The van der Waals surface area contributed by atoms with Gasteiger partial charge in [-0.05, 0) is 126 Å². The van der Waals surface area contributed by atoms with Crippen LogP contribution in [0.5, 0.6) is 0 Å². The number of benzene rings is 8. The summed E-state index contributed by atoms with van der Waals surface area (Å²) in [6.07, 6.45) is 3.95. The summed E-state index contributed by atoms with van der Waals surface area (Å²) in [5.74, 6) is 0.677. The van der Waals surface area contributed by atoms with E-state index in [0.717, 1.165) is 0 Å². The third-order valence-corrected chi connectivity index (χ3v) is 11.8. The molecule has 0 nitrogen and oxygen atoms in total. The van der Waals surface area contributed by atoms with Crippen molar-refractivity contribution in [2.75, 3.05) is 0 Å². The van der Waals surface area contributed by atoms with Crippen LogP contribution in [0.1, 0.15) is 36.3 Å². The van der Waals surface area contributed by atoms with Gasteiger partial charge in [-0.3, -0.25) is 0 Å². The van der Waals surface area contributed by atoms with E-state index in [0.29, 0.717) is 5.92 Å². The van der Waals surface area contributed by atoms with Crippen molar-refractivity contribution in [2.45, 2.75) is 32.1 Å². The molecule has 1 aromatic heterocycles. The van der Waals surface area contributed by atoms with Gasteiger partial charge < -0.3 is 0 Å².